The maximum absolute atomic E-state index is 12.0. The Hall–Kier alpha value is -1.33. The van der Waals surface area contributed by atoms with Crippen LogP contribution < -0.4 is 0 Å². The van der Waals surface area contributed by atoms with Crippen LogP contribution in [0.15, 0.2) is 6.07 Å². The number of carbonyl (C=O) groups excluding carboxylic acids is 1. The third kappa shape index (κ3) is 1.46. The molecule has 1 rings (SSSR count). The quantitative estimate of drug-likeness (QED) is 0.610. The first-order valence-electron chi connectivity index (χ1n) is 3.04. The van der Waals surface area contributed by atoms with Gasteiger partial charge in [-0.1, -0.05) is 0 Å². The Labute approximate surface area is 65.8 Å². The molecule has 0 aliphatic heterocycles. The highest BCUT2D eigenvalue weighted by Gasteiger charge is 2.34. The highest BCUT2D eigenvalue weighted by molar-refractivity contribution is 5.72. The van der Waals surface area contributed by atoms with Crippen LogP contribution >= 0.6 is 0 Å². The van der Waals surface area contributed by atoms with E-state index in [0.717, 1.165) is 6.07 Å². The number of hydrogen-bond acceptors (Lipinski definition) is 2. The second-order valence-corrected chi connectivity index (χ2v) is 2.21. The SMILES string of the molecule is Cc1cc(C=O)n(C(F)(F)F)n1. The van der Waals surface area contributed by atoms with Crippen LogP contribution in [0.5, 0.6) is 0 Å². The van der Waals surface area contributed by atoms with Crippen molar-refractivity contribution in [1.82, 2.24) is 9.78 Å². The van der Waals surface area contributed by atoms with E-state index in [-0.39, 0.29) is 16.7 Å². The number of hydrogen-bond donors (Lipinski definition) is 0. The summed E-state index contributed by atoms with van der Waals surface area (Å²) in [6.45, 7) is 1.38. The molecule has 0 saturated carbocycles. The molecule has 6 heteroatoms. The van der Waals surface area contributed by atoms with Gasteiger partial charge in [-0.15, -0.1) is 13.2 Å². The second kappa shape index (κ2) is 2.62. The topological polar surface area (TPSA) is 34.9 Å². The standard InChI is InChI=1S/C6H5F3N2O/c1-4-2-5(3-12)11(10-4)6(7,8)9/h2-3H,1H3. The average molecular weight is 178 g/mol. The smallest absolute Gasteiger partial charge is 0.296 e. The van der Waals surface area contributed by atoms with Crippen molar-refractivity contribution in [2.45, 2.75) is 13.2 Å². The first kappa shape index (κ1) is 8.76. The van der Waals surface area contributed by atoms with E-state index in [0.29, 0.717) is 0 Å². The molecule has 12 heavy (non-hydrogen) atoms. The minimum Gasteiger partial charge on any atom is -0.296 e. The van der Waals surface area contributed by atoms with Crippen molar-refractivity contribution >= 4 is 6.29 Å². The van der Waals surface area contributed by atoms with Crippen LogP contribution in [-0.2, 0) is 6.30 Å². The van der Waals surface area contributed by atoms with Gasteiger partial charge in [-0.25, -0.2) is 0 Å². The summed E-state index contributed by atoms with van der Waals surface area (Å²) < 4.78 is 35.7. The molecule has 0 amide bonds. The number of rotatable bonds is 1. The van der Waals surface area contributed by atoms with Gasteiger partial charge in [-0.2, -0.15) is 9.78 Å². The lowest BCUT2D eigenvalue weighted by Crippen LogP contribution is -2.20. The molecule has 1 aromatic heterocycles. The monoisotopic (exact) mass is 178 g/mol. The van der Waals surface area contributed by atoms with Gasteiger partial charge in [0.05, 0.1) is 5.69 Å². The predicted molar refractivity (Wildman–Crippen MR) is 33.6 cm³/mol. The van der Waals surface area contributed by atoms with Gasteiger partial charge < -0.3 is 0 Å². The fraction of sp³-hybridized carbons (Fsp3) is 0.333. The van der Waals surface area contributed by atoms with Gasteiger partial charge in [0.25, 0.3) is 0 Å². The van der Waals surface area contributed by atoms with Crippen LogP contribution in [0.25, 0.3) is 0 Å². The van der Waals surface area contributed by atoms with Gasteiger partial charge >= 0.3 is 6.30 Å². The van der Waals surface area contributed by atoms with E-state index in [9.17, 15) is 18.0 Å². The largest absolute Gasteiger partial charge is 0.505 e. The lowest BCUT2D eigenvalue weighted by Gasteiger charge is -2.06. The number of alkyl halides is 3. The molecule has 0 N–H and O–H groups in total. The average Bonchev–Trinajstić information content (AvgIpc) is 2.29. The van der Waals surface area contributed by atoms with Crippen molar-refractivity contribution < 1.29 is 18.0 Å². The van der Waals surface area contributed by atoms with Crippen molar-refractivity contribution in [3.05, 3.63) is 17.5 Å². The molecule has 1 heterocycles. The molecule has 0 spiro atoms. The Balaban J connectivity index is 3.22. The molecule has 0 bridgehead atoms. The first-order valence-corrected chi connectivity index (χ1v) is 3.04. The summed E-state index contributed by atoms with van der Waals surface area (Å²) in [7, 11) is 0. The Morgan fingerprint density at radius 3 is 2.50 bits per heavy atom. The molecule has 66 valence electrons. The molecular formula is C6H5F3N2O. The molecular weight excluding hydrogens is 173 g/mol. The minimum atomic E-state index is -4.62. The zero-order valence-corrected chi connectivity index (χ0v) is 6.09. The third-order valence-electron chi connectivity index (χ3n) is 1.22. The summed E-state index contributed by atoms with van der Waals surface area (Å²) >= 11 is 0. The summed E-state index contributed by atoms with van der Waals surface area (Å²) in [5.74, 6) is 0. The summed E-state index contributed by atoms with van der Waals surface area (Å²) in [6, 6.07) is 1.07. The third-order valence-corrected chi connectivity index (χ3v) is 1.22. The van der Waals surface area contributed by atoms with Gasteiger partial charge in [0.15, 0.2) is 6.29 Å². The fourth-order valence-electron chi connectivity index (χ4n) is 0.807. The van der Waals surface area contributed by atoms with Gasteiger partial charge in [0.2, 0.25) is 0 Å². The van der Waals surface area contributed by atoms with Crippen molar-refractivity contribution in [3.63, 3.8) is 0 Å². The number of aromatic nitrogens is 2. The maximum Gasteiger partial charge on any atom is 0.505 e. The number of carbonyl (C=O) groups is 1. The van der Waals surface area contributed by atoms with E-state index < -0.39 is 12.0 Å². The lowest BCUT2D eigenvalue weighted by atomic mass is 10.4. The summed E-state index contributed by atoms with van der Waals surface area (Å²) in [4.78, 5) is 10.1. The Morgan fingerprint density at radius 2 is 2.17 bits per heavy atom. The van der Waals surface area contributed by atoms with Gasteiger partial charge in [-0.05, 0) is 13.0 Å². The van der Waals surface area contributed by atoms with Crippen molar-refractivity contribution in [2.24, 2.45) is 0 Å². The van der Waals surface area contributed by atoms with E-state index in [1.807, 2.05) is 0 Å². The van der Waals surface area contributed by atoms with E-state index in [2.05, 4.69) is 5.10 Å². The Bertz CT molecular complexity index is 302. The summed E-state index contributed by atoms with van der Waals surface area (Å²) in [5.41, 5.74) is -0.325. The van der Waals surface area contributed by atoms with Crippen LogP contribution in [0, 0.1) is 6.92 Å². The van der Waals surface area contributed by atoms with Crippen LogP contribution in [0.4, 0.5) is 13.2 Å². The predicted octanol–water partition coefficient (Wildman–Crippen LogP) is 1.48. The van der Waals surface area contributed by atoms with Crippen molar-refractivity contribution in [1.29, 1.82) is 0 Å². The molecule has 0 unspecified atom stereocenters. The first-order chi connectivity index (χ1) is 5.45. The number of aryl methyl sites for hydroxylation is 1. The van der Waals surface area contributed by atoms with Gasteiger partial charge in [0, 0.05) is 0 Å². The van der Waals surface area contributed by atoms with Crippen LogP contribution in [0.3, 0.4) is 0 Å². The molecule has 0 aromatic carbocycles. The van der Waals surface area contributed by atoms with Gasteiger partial charge in [-0.3, -0.25) is 4.79 Å². The van der Waals surface area contributed by atoms with Crippen molar-refractivity contribution in [3.8, 4) is 0 Å². The molecule has 0 aliphatic carbocycles. The number of nitrogens with zero attached hydrogens (tertiary/aromatic N) is 2. The molecule has 3 nitrogen and oxygen atoms in total. The molecule has 0 saturated heterocycles. The van der Waals surface area contributed by atoms with E-state index in [1.165, 1.54) is 6.92 Å². The molecule has 0 fully saturated rings. The lowest BCUT2D eigenvalue weighted by molar-refractivity contribution is -0.212. The summed E-state index contributed by atoms with van der Waals surface area (Å²) in [6.07, 6.45) is -4.50. The summed E-state index contributed by atoms with van der Waals surface area (Å²) in [5, 5.41) is 3.11. The number of aldehydes is 1. The zero-order chi connectivity index (χ0) is 9.35. The second-order valence-electron chi connectivity index (χ2n) is 2.21. The van der Waals surface area contributed by atoms with Crippen LogP contribution in [0.1, 0.15) is 16.2 Å². The van der Waals surface area contributed by atoms with Gasteiger partial charge in [0.1, 0.15) is 5.69 Å². The fourth-order valence-corrected chi connectivity index (χ4v) is 0.807. The molecule has 1 aromatic rings. The van der Waals surface area contributed by atoms with E-state index in [4.69, 9.17) is 0 Å². The molecule has 0 radical (unpaired) electrons. The Morgan fingerprint density at radius 1 is 1.58 bits per heavy atom. The molecule has 0 atom stereocenters. The van der Waals surface area contributed by atoms with E-state index >= 15 is 0 Å². The van der Waals surface area contributed by atoms with Crippen LogP contribution in [-0.4, -0.2) is 16.1 Å². The highest BCUT2D eigenvalue weighted by Crippen LogP contribution is 2.22. The number of halogens is 3. The zero-order valence-electron chi connectivity index (χ0n) is 6.09. The highest BCUT2D eigenvalue weighted by atomic mass is 19.4. The Kier molecular flexibility index (Phi) is 1.91. The van der Waals surface area contributed by atoms with Crippen LogP contribution in [0.2, 0.25) is 0 Å². The minimum absolute atomic E-state index is 0.119. The molecule has 0 aliphatic rings. The maximum atomic E-state index is 12.0. The van der Waals surface area contributed by atoms with E-state index in [1.54, 1.807) is 0 Å². The normalized spacial score (nSPS) is 11.7. The van der Waals surface area contributed by atoms with Crippen molar-refractivity contribution in [2.75, 3.05) is 0 Å².